The standard InChI is InChI=1S/C45H75O12P/c1-3-5-7-9-11-13-15-17-19-21-23-25-27-29-31-33-35-54-36-38(37-55-58(52,53)57-45-43(50)41(48)40(47)42(49)44(45)51)56-39(46)34-32-30-28-26-24-22-20-18-16-14-12-10-8-6-4-2/h6,8,11-14,17-20,24,26,30,32,38,40-45,47-51H,3-5,7,9-10,15-16,21-23,25,27-29,31,33-37H2,1-2H3,(H,52,53)/b8-6-,13-11-,14-12-,19-17-,20-18-,26-24-,32-30-. The van der Waals surface area contributed by atoms with Gasteiger partial charge >= 0.3 is 13.8 Å². The van der Waals surface area contributed by atoms with Crippen molar-refractivity contribution in [1.82, 2.24) is 0 Å². The fourth-order valence-corrected chi connectivity index (χ4v) is 6.84. The number of rotatable bonds is 34. The maximum absolute atomic E-state index is 12.8. The molecule has 12 nitrogen and oxygen atoms in total. The van der Waals surface area contributed by atoms with Gasteiger partial charge in [0, 0.05) is 6.61 Å². The molecule has 0 aromatic carbocycles. The lowest BCUT2D eigenvalue weighted by Crippen LogP contribution is -2.64. The van der Waals surface area contributed by atoms with Crippen LogP contribution in [0.2, 0.25) is 0 Å². The Kier molecular flexibility index (Phi) is 32.6. The van der Waals surface area contributed by atoms with Crippen molar-refractivity contribution in [2.24, 2.45) is 0 Å². The van der Waals surface area contributed by atoms with Crippen molar-refractivity contribution >= 4 is 13.8 Å². The van der Waals surface area contributed by atoms with Gasteiger partial charge in [-0.05, 0) is 70.6 Å². The van der Waals surface area contributed by atoms with Crippen LogP contribution in [0.1, 0.15) is 129 Å². The molecule has 0 heterocycles. The van der Waals surface area contributed by atoms with Crippen LogP contribution in [0.25, 0.3) is 0 Å². The van der Waals surface area contributed by atoms with E-state index in [2.05, 4.69) is 74.6 Å². The van der Waals surface area contributed by atoms with E-state index < -0.39 is 63.1 Å². The highest BCUT2D eigenvalue weighted by Crippen LogP contribution is 2.47. The third-order valence-electron chi connectivity index (χ3n) is 9.28. The summed E-state index contributed by atoms with van der Waals surface area (Å²) in [7, 11) is -5.05. The molecule has 0 amide bonds. The van der Waals surface area contributed by atoms with Gasteiger partial charge in [-0.25, -0.2) is 4.57 Å². The molecule has 1 saturated carbocycles. The molecule has 0 bridgehead atoms. The first-order valence-corrected chi connectivity index (χ1v) is 22.9. The summed E-state index contributed by atoms with van der Waals surface area (Å²) in [5.41, 5.74) is 0. The monoisotopic (exact) mass is 838 g/mol. The number of aliphatic hydroxyl groups is 5. The van der Waals surface area contributed by atoms with Gasteiger partial charge < -0.3 is 39.9 Å². The van der Waals surface area contributed by atoms with Crippen molar-refractivity contribution in [2.75, 3.05) is 19.8 Å². The van der Waals surface area contributed by atoms with Crippen molar-refractivity contribution in [3.8, 4) is 0 Å². The fourth-order valence-electron chi connectivity index (χ4n) is 5.87. The highest BCUT2D eigenvalue weighted by Gasteiger charge is 2.51. The van der Waals surface area contributed by atoms with Crippen molar-refractivity contribution in [3.63, 3.8) is 0 Å². The van der Waals surface area contributed by atoms with Crippen molar-refractivity contribution in [3.05, 3.63) is 85.1 Å². The van der Waals surface area contributed by atoms with Crippen LogP contribution in [-0.2, 0) is 27.9 Å². The van der Waals surface area contributed by atoms with Crippen LogP contribution >= 0.6 is 7.82 Å². The van der Waals surface area contributed by atoms with Crippen LogP contribution in [0.3, 0.4) is 0 Å². The molecular formula is C45H75O12P. The van der Waals surface area contributed by atoms with Crippen LogP contribution in [0.5, 0.6) is 0 Å². The third kappa shape index (κ3) is 27.3. The van der Waals surface area contributed by atoms with Gasteiger partial charge in [-0.15, -0.1) is 0 Å². The zero-order valence-electron chi connectivity index (χ0n) is 35.1. The van der Waals surface area contributed by atoms with Crippen molar-refractivity contribution in [2.45, 2.75) is 172 Å². The summed E-state index contributed by atoms with van der Waals surface area (Å²) >= 11 is 0. The minimum Gasteiger partial charge on any atom is -0.457 e. The summed E-state index contributed by atoms with van der Waals surface area (Å²) in [6, 6.07) is 0. The second-order valence-electron chi connectivity index (χ2n) is 14.5. The number of carbonyl (C=O) groups is 1. The summed E-state index contributed by atoms with van der Waals surface area (Å²) in [6.45, 7) is 3.95. The van der Waals surface area contributed by atoms with E-state index in [-0.39, 0.29) is 13.0 Å². The number of allylic oxidation sites excluding steroid dienone is 13. The van der Waals surface area contributed by atoms with E-state index >= 15 is 0 Å². The highest BCUT2D eigenvalue weighted by molar-refractivity contribution is 7.47. The number of aliphatic hydroxyl groups excluding tert-OH is 5. The first kappa shape index (κ1) is 53.5. The fraction of sp³-hybridized carbons (Fsp3) is 0.667. The van der Waals surface area contributed by atoms with E-state index in [0.717, 1.165) is 83.5 Å². The molecule has 0 aliphatic heterocycles. The SMILES string of the molecule is CC/C=C\C/C=C\C/C=C\C/C=C\C/C=C\CC(=O)OC(COCCCCCCCC/C=C\C/C=C\CCCCC)COP(=O)(O)OC1C(O)C(O)C(O)C(O)C1O. The lowest BCUT2D eigenvalue weighted by molar-refractivity contribution is -0.220. The molecule has 13 heteroatoms. The Hall–Kier alpha value is -2.48. The summed E-state index contributed by atoms with van der Waals surface area (Å²) in [4.78, 5) is 23.0. The number of esters is 1. The predicted octanol–water partition coefficient (Wildman–Crippen LogP) is 8.19. The Morgan fingerprint density at radius 2 is 1.02 bits per heavy atom. The van der Waals surface area contributed by atoms with Crippen molar-refractivity contribution < 1.29 is 58.3 Å². The molecule has 0 saturated heterocycles. The van der Waals surface area contributed by atoms with E-state index in [1.807, 2.05) is 18.2 Å². The molecule has 6 atom stereocenters. The van der Waals surface area contributed by atoms with Crippen LogP contribution in [0, 0.1) is 0 Å². The van der Waals surface area contributed by atoms with Gasteiger partial charge in [-0.2, -0.15) is 0 Å². The Morgan fingerprint density at radius 1 is 0.569 bits per heavy atom. The van der Waals surface area contributed by atoms with Crippen molar-refractivity contribution in [1.29, 1.82) is 0 Å². The summed E-state index contributed by atoms with van der Waals surface area (Å²) in [5.74, 6) is -0.612. The molecule has 6 N–H and O–H groups in total. The minimum atomic E-state index is -5.05. The van der Waals surface area contributed by atoms with Gasteiger partial charge in [0.15, 0.2) is 0 Å². The second-order valence-corrected chi connectivity index (χ2v) is 15.9. The number of unbranched alkanes of at least 4 members (excludes halogenated alkanes) is 9. The van der Waals surface area contributed by atoms with Gasteiger partial charge in [0.1, 0.15) is 42.7 Å². The third-order valence-corrected chi connectivity index (χ3v) is 10.3. The van der Waals surface area contributed by atoms with E-state index in [1.54, 1.807) is 6.08 Å². The molecule has 0 aromatic heterocycles. The number of phosphoric acid groups is 1. The quantitative estimate of drug-likeness (QED) is 0.0158. The molecule has 1 fully saturated rings. The molecule has 0 spiro atoms. The predicted molar refractivity (Wildman–Crippen MR) is 230 cm³/mol. The van der Waals surface area contributed by atoms with E-state index in [4.69, 9.17) is 18.5 Å². The average Bonchev–Trinajstić information content (AvgIpc) is 3.21. The molecule has 6 unspecified atom stereocenters. The number of hydrogen-bond donors (Lipinski definition) is 6. The lowest BCUT2D eigenvalue weighted by Gasteiger charge is -2.41. The molecular weight excluding hydrogens is 763 g/mol. The van der Waals surface area contributed by atoms with E-state index in [9.17, 15) is 39.8 Å². The highest BCUT2D eigenvalue weighted by atomic mass is 31.2. The summed E-state index contributed by atoms with van der Waals surface area (Å²) < 4.78 is 33.9. The maximum Gasteiger partial charge on any atom is 0.472 e. The van der Waals surface area contributed by atoms with E-state index in [1.165, 1.54) is 19.3 Å². The Balaban J connectivity index is 2.51. The van der Waals surface area contributed by atoms with Gasteiger partial charge in [-0.1, -0.05) is 137 Å². The second kappa shape index (κ2) is 35.3. The average molecular weight is 839 g/mol. The van der Waals surface area contributed by atoms with Gasteiger partial charge in [0.05, 0.1) is 19.6 Å². The molecule has 58 heavy (non-hydrogen) atoms. The van der Waals surface area contributed by atoms with E-state index in [0.29, 0.717) is 13.0 Å². The molecule has 1 rings (SSSR count). The summed E-state index contributed by atoms with van der Waals surface area (Å²) in [6.07, 6.45) is 34.0. The number of carbonyl (C=O) groups excluding carboxylic acids is 1. The molecule has 0 aromatic rings. The minimum absolute atomic E-state index is 0.0537. The molecule has 332 valence electrons. The number of ether oxygens (including phenoxy) is 2. The molecule has 0 radical (unpaired) electrons. The normalized spacial score (nSPS) is 23.5. The first-order chi connectivity index (χ1) is 28.0. The van der Waals surface area contributed by atoms with Crippen LogP contribution < -0.4 is 0 Å². The topological polar surface area (TPSA) is 192 Å². The Labute approximate surface area is 348 Å². The zero-order valence-corrected chi connectivity index (χ0v) is 35.9. The smallest absolute Gasteiger partial charge is 0.457 e. The van der Waals surface area contributed by atoms with Crippen LogP contribution in [-0.4, -0.2) is 98.9 Å². The maximum atomic E-state index is 12.8. The van der Waals surface area contributed by atoms with Crippen LogP contribution in [0.4, 0.5) is 0 Å². The van der Waals surface area contributed by atoms with Gasteiger partial charge in [0.2, 0.25) is 0 Å². The first-order valence-electron chi connectivity index (χ1n) is 21.4. The largest absolute Gasteiger partial charge is 0.472 e. The molecule has 1 aliphatic carbocycles. The zero-order chi connectivity index (χ0) is 42.7. The Bertz CT molecular complexity index is 1280. The van der Waals surface area contributed by atoms with Crippen LogP contribution in [0.15, 0.2) is 85.1 Å². The lowest BCUT2D eigenvalue weighted by atomic mass is 9.85. The Morgan fingerprint density at radius 3 is 1.55 bits per heavy atom. The van der Waals surface area contributed by atoms with Gasteiger partial charge in [-0.3, -0.25) is 13.8 Å². The number of phosphoric ester groups is 1. The molecule has 1 aliphatic rings. The number of hydrogen-bond acceptors (Lipinski definition) is 11. The van der Waals surface area contributed by atoms with Gasteiger partial charge in [0.25, 0.3) is 0 Å². The summed E-state index contributed by atoms with van der Waals surface area (Å²) in [5, 5.41) is 50.1.